The largest absolute Gasteiger partial charge is 1.00 e. The maximum atomic E-state index is 12.7. The molecule has 1 aliphatic rings. The van der Waals surface area contributed by atoms with E-state index in [0.717, 1.165) is 38.5 Å². The molecule has 2 N–H and O–H groups in total. The molecule has 0 bridgehead atoms. The molecule has 1 rings (SSSR count). The molecule has 2 atom stereocenters. The summed E-state index contributed by atoms with van der Waals surface area (Å²) in [7, 11) is -4.58. The van der Waals surface area contributed by atoms with Gasteiger partial charge in [0, 0.05) is 6.42 Å². The Kier molecular flexibility index (Phi) is 14.7. The van der Waals surface area contributed by atoms with Crippen LogP contribution in [0.4, 0.5) is 0 Å². The number of quaternary nitrogens is 1. The third-order valence-electron chi connectivity index (χ3n) is 4.87. The second-order valence-corrected chi connectivity index (χ2v) is 8.81. The fourth-order valence-electron chi connectivity index (χ4n) is 3.56. The topological polar surface area (TPSA) is 127 Å². The molecule has 162 valence electrons. The summed E-state index contributed by atoms with van der Waals surface area (Å²) in [6, 6.07) is 0. The average Bonchev–Trinajstić information content (AvgIpc) is 2.98. The Morgan fingerprint density at radius 2 is 1.97 bits per heavy atom. The quantitative estimate of drug-likeness (QED) is 0.0994. The zero-order valence-corrected chi connectivity index (χ0v) is 20.6. The minimum atomic E-state index is -4.58. The van der Waals surface area contributed by atoms with Crippen LogP contribution in [0.2, 0.25) is 0 Å². The van der Waals surface area contributed by atoms with Crippen LogP contribution in [0.25, 0.3) is 0 Å². The smallest absolute Gasteiger partial charge is 0.748 e. The molecule has 0 fully saturated rings. The number of carbonyl (C=O) groups excluding carboxylic acids is 1. The van der Waals surface area contributed by atoms with Crippen molar-refractivity contribution in [3.63, 3.8) is 0 Å². The van der Waals surface area contributed by atoms with Gasteiger partial charge in [0.2, 0.25) is 5.78 Å². The molecular weight excluding hydrogens is 407 g/mol. The maximum absolute atomic E-state index is 12.7. The fraction of sp³-hybridized carbons (Fsp3) is 0.789. The molecule has 0 aromatic carbocycles. The number of Topliss-reactive ketones (excluding diaryl/α,β-unsaturated/α-hetero) is 1. The number of allylic oxidation sites excluding steroid dienone is 2. The van der Waals surface area contributed by atoms with E-state index in [1.807, 2.05) is 0 Å². The molecule has 1 aliphatic heterocycles. The summed E-state index contributed by atoms with van der Waals surface area (Å²) in [6.07, 6.45) is 9.15. The second kappa shape index (κ2) is 14.8. The normalized spacial score (nSPS) is 20.5. The minimum absolute atomic E-state index is 0. The Morgan fingerprint density at radius 1 is 1.28 bits per heavy atom. The molecular formula is C19H34N2NaO6S+. The van der Waals surface area contributed by atoms with Gasteiger partial charge in [-0.1, -0.05) is 31.9 Å². The van der Waals surface area contributed by atoms with Crippen LogP contribution >= 0.6 is 0 Å². The Labute approximate surface area is 196 Å². The summed E-state index contributed by atoms with van der Waals surface area (Å²) < 4.78 is 32.7. The molecule has 0 saturated heterocycles. The molecule has 0 aromatic heterocycles. The van der Waals surface area contributed by atoms with Crippen LogP contribution in [0.15, 0.2) is 17.1 Å². The van der Waals surface area contributed by atoms with Gasteiger partial charge >= 0.3 is 29.6 Å². The van der Waals surface area contributed by atoms with Crippen molar-refractivity contribution in [2.24, 2.45) is 4.99 Å². The van der Waals surface area contributed by atoms with E-state index in [2.05, 4.69) is 24.1 Å². The zero-order chi connectivity index (χ0) is 21.0. The monoisotopic (exact) mass is 441 g/mol. The van der Waals surface area contributed by atoms with Crippen molar-refractivity contribution in [1.82, 2.24) is 0 Å². The molecule has 0 saturated carbocycles. The Hall–Kier alpha value is -0.130. The van der Waals surface area contributed by atoms with Gasteiger partial charge in [0.25, 0.3) is 5.84 Å². The number of hydrogen-bond acceptors (Lipinski definition) is 7. The fourth-order valence-corrected chi connectivity index (χ4v) is 4.14. The number of amidine groups is 1. The van der Waals surface area contributed by atoms with E-state index in [4.69, 9.17) is 0 Å². The van der Waals surface area contributed by atoms with E-state index in [9.17, 15) is 28.0 Å². The van der Waals surface area contributed by atoms with Crippen LogP contribution in [0.1, 0.15) is 51.9 Å². The standard InChI is InChI=1S/C19H34N2O6S.Na/c1-2-3-4-5-6-7-8-9-10-18(24)19-20-11-12-21(19,13-14-22)15-17(23)16-28(25,26)27;/h4-5,17,22-23H,2-3,6-16H2,1H3;/q;+1/b5-4+;. The van der Waals surface area contributed by atoms with Gasteiger partial charge in [-0.3, -0.25) is 9.28 Å². The summed E-state index contributed by atoms with van der Waals surface area (Å²) in [6.45, 7) is 2.72. The summed E-state index contributed by atoms with van der Waals surface area (Å²) in [5, 5.41) is 19.4. The van der Waals surface area contributed by atoms with Gasteiger partial charge in [0.1, 0.15) is 25.7 Å². The van der Waals surface area contributed by atoms with E-state index in [1.165, 1.54) is 0 Å². The van der Waals surface area contributed by atoms with Gasteiger partial charge in [-0.2, -0.15) is 0 Å². The summed E-state index contributed by atoms with van der Waals surface area (Å²) in [5.41, 5.74) is 0. The minimum Gasteiger partial charge on any atom is -0.748 e. The molecule has 1 heterocycles. The predicted octanol–water partition coefficient (Wildman–Crippen LogP) is -2.01. The van der Waals surface area contributed by atoms with E-state index in [1.54, 1.807) is 0 Å². The first-order valence-electron chi connectivity index (χ1n) is 10.1. The van der Waals surface area contributed by atoms with Crippen LogP contribution in [0.3, 0.4) is 0 Å². The SMILES string of the molecule is CCC/C=C/CCCCCC(=O)C1=NCC[N+]1(CCO)CC(O)CS(=O)(=O)[O-].[Na+]. The van der Waals surface area contributed by atoms with E-state index in [-0.39, 0.29) is 65.4 Å². The maximum Gasteiger partial charge on any atom is 1.00 e. The van der Waals surface area contributed by atoms with Crippen molar-refractivity contribution >= 4 is 21.7 Å². The number of ketones is 1. The third-order valence-corrected chi connectivity index (χ3v) is 5.66. The molecule has 8 nitrogen and oxygen atoms in total. The van der Waals surface area contributed by atoms with Gasteiger partial charge in [0.05, 0.1) is 29.0 Å². The number of hydrogen-bond donors (Lipinski definition) is 2. The molecule has 0 amide bonds. The van der Waals surface area contributed by atoms with Crippen LogP contribution < -0.4 is 29.6 Å². The second-order valence-electron chi connectivity index (χ2n) is 7.36. The number of aliphatic hydroxyl groups excluding tert-OH is 2. The number of unbranched alkanes of at least 4 members (excludes halogenated alkanes) is 4. The molecule has 0 spiro atoms. The summed E-state index contributed by atoms with van der Waals surface area (Å²) >= 11 is 0. The van der Waals surface area contributed by atoms with Gasteiger partial charge in [-0.05, 0) is 25.7 Å². The van der Waals surface area contributed by atoms with Crippen molar-refractivity contribution in [3.8, 4) is 0 Å². The predicted molar refractivity (Wildman–Crippen MR) is 107 cm³/mol. The van der Waals surface area contributed by atoms with Crippen molar-refractivity contribution < 1.29 is 62.0 Å². The number of aliphatic hydroxyl groups is 2. The van der Waals surface area contributed by atoms with Crippen LogP contribution in [-0.2, 0) is 14.9 Å². The first kappa shape index (κ1) is 28.9. The first-order chi connectivity index (χ1) is 13.2. The van der Waals surface area contributed by atoms with E-state index < -0.39 is 22.0 Å². The number of carbonyl (C=O) groups is 1. The Morgan fingerprint density at radius 3 is 2.59 bits per heavy atom. The molecule has 2 unspecified atom stereocenters. The number of nitrogens with zero attached hydrogens (tertiary/aromatic N) is 2. The van der Waals surface area contributed by atoms with Gasteiger partial charge in [0.15, 0.2) is 0 Å². The zero-order valence-electron chi connectivity index (χ0n) is 17.8. The third kappa shape index (κ3) is 11.2. The van der Waals surface area contributed by atoms with Gasteiger partial charge in [-0.15, -0.1) is 0 Å². The summed E-state index contributed by atoms with van der Waals surface area (Å²) in [4.78, 5) is 17.0. The van der Waals surface area contributed by atoms with Crippen molar-refractivity contribution in [2.45, 2.75) is 58.0 Å². The average molecular weight is 442 g/mol. The van der Waals surface area contributed by atoms with Crippen molar-refractivity contribution in [2.75, 3.05) is 38.5 Å². The Balaban J connectivity index is 0.00000784. The Bertz CT molecular complexity index is 653. The molecule has 0 radical (unpaired) electrons. The van der Waals surface area contributed by atoms with E-state index >= 15 is 0 Å². The van der Waals surface area contributed by atoms with Crippen molar-refractivity contribution in [1.29, 1.82) is 0 Å². The van der Waals surface area contributed by atoms with Gasteiger partial charge in [-0.25, -0.2) is 13.4 Å². The molecule has 0 aliphatic carbocycles. The molecule has 10 heteroatoms. The molecule has 0 aromatic rings. The molecule has 29 heavy (non-hydrogen) atoms. The van der Waals surface area contributed by atoms with Gasteiger partial charge < -0.3 is 14.8 Å². The first-order valence-corrected chi connectivity index (χ1v) is 11.6. The van der Waals surface area contributed by atoms with E-state index in [0.29, 0.717) is 19.5 Å². The van der Waals surface area contributed by atoms with Crippen LogP contribution in [0, 0.1) is 0 Å². The van der Waals surface area contributed by atoms with Crippen molar-refractivity contribution in [3.05, 3.63) is 12.2 Å². The van der Waals surface area contributed by atoms with Crippen LogP contribution in [-0.4, -0.2) is 83.9 Å². The summed E-state index contributed by atoms with van der Waals surface area (Å²) in [5.74, 6) is -0.769. The van der Waals surface area contributed by atoms with Crippen LogP contribution in [0.5, 0.6) is 0 Å². The number of aliphatic imine (C=N–C) groups is 1. The number of rotatable bonds is 15.